The number of anilines is 2. The average molecular weight is 523 g/mol. The molecule has 190 valence electrons. The van der Waals surface area contributed by atoms with Crippen LogP contribution in [0.3, 0.4) is 0 Å². The maximum atomic E-state index is 13.5. The van der Waals surface area contributed by atoms with Crippen LogP contribution in [0.5, 0.6) is 0 Å². The van der Waals surface area contributed by atoms with E-state index in [-0.39, 0.29) is 34.3 Å². The van der Waals surface area contributed by atoms with Crippen LogP contribution < -0.4 is 5.32 Å². The highest BCUT2D eigenvalue weighted by Crippen LogP contribution is 2.36. The lowest BCUT2D eigenvalue weighted by Gasteiger charge is -2.21. The van der Waals surface area contributed by atoms with Gasteiger partial charge in [-0.25, -0.2) is 28.4 Å². The smallest absolute Gasteiger partial charge is 0.385 e. The second-order valence-electron chi connectivity index (χ2n) is 8.53. The molecule has 4 aromatic rings. The van der Waals surface area contributed by atoms with Gasteiger partial charge < -0.3 is 15.0 Å². The maximum Gasteiger partial charge on any atom is 0.408 e. The normalized spacial score (nSPS) is 16.3. The van der Waals surface area contributed by atoms with E-state index in [4.69, 9.17) is 0 Å². The van der Waals surface area contributed by atoms with Crippen molar-refractivity contribution >= 4 is 32.7 Å². The average Bonchev–Trinajstić information content (AvgIpc) is 3.44. The minimum Gasteiger partial charge on any atom is -0.385 e. The standard InChI is InChI=1S/C21H21F3N8O3S/c1-11(33)20-28-15-9-26-18(7-16(15)32(20)12(2)21(22,23)24)29-17-5-6-25-19(30-17)13-8-27-31(10-13)36(34,35)14-3-4-14/h5-12,14,33H,3-4H2,1-2H3,(H,25,26,29,30)/t11-,12?/m1/s1. The minimum atomic E-state index is -4.56. The Morgan fingerprint density at radius 1 is 1.14 bits per heavy atom. The second kappa shape index (κ2) is 8.51. The van der Waals surface area contributed by atoms with Gasteiger partial charge in [-0.05, 0) is 32.8 Å². The zero-order valence-corrected chi connectivity index (χ0v) is 19.9. The third kappa shape index (κ3) is 4.39. The molecule has 2 atom stereocenters. The SMILES string of the molecule is CC(n1c([C@@H](C)O)nc2cnc(Nc3ccnc(-c4cnn(S(=O)(=O)C5CC5)c4)n3)cc21)C(F)(F)F. The predicted molar refractivity (Wildman–Crippen MR) is 123 cm³/mol. The Morgan fingerprint density at radius 2 is 1.89 bits per heavy atom. The Morgan fingerprint density at radius 3 is 2.56 bits per heavy atom. The third-order valence-corrected chi connectivity index (χ3v) is 7.81. The van der Waals surface area contributed by atoms with Crippen molar-refractivity contribution in [1.29, 1.82) is 0 Å². The predicted octanol–water partition coefficient (Wildman–Crippen LogP) is 3.35. The lowest BCUT2D eigenvalue weighted by atomic mass is 10.2. The summed E-state index contributed by atoms with van der Waals surface area (Å²) in [4.78, 5) is 16.8. The molecule has 1 aliphatic rings. The summed E-state index contributed by atoms with van der Waals surface area (Å²) < 4.78 is 67.2. The molecule has 2 N–H and O–H groups in total. The van der Waals surface area contributed by atoms with E-state index < -0.39 is 33.6 Å². The molecular weight excluding hydrogens is 501 g/mol. The summed E-state index contributed by atoms with van der Waals surface area (Å²) in [5, 5.41) is 16.4. The molecule has 36 heavy (non-hydrogen) atoms. The number of nitrogens with zero attached hydrogens (tertiary/aromatic N) is 7. The first-order chi connectivity index (χ1) is 16.9. The molecule has 0 spiro atoms. The van der Waals surface area contributed by atoms with Crippen LogP contribution in [-0.4, -0.2) is 58.6 Å². The zero-order valence-electron chi connectivity index (χ0n) is 19.0. The van der Waals surface area contributed by atoms with E-state index in [9.17, 15) is 26.7 Å². The first kappa shape index (κ1) is 24.1. The maximum absolute atomic E-state index is 13.5. The molecule has 0 aliphatic heterocycles. The summed E-state index contributed by atoms with van der Waals surface area (Å²) in [6.07, 6.45) is 0.841. The highest BCUT2D eigenvalue weighted by atomic mass is 32.2. The topological polar surface area (TPSA) is 141 Å². The molecular formula is C21H21F3N8O3S. The Hall–Kier alpha value is -3.59. The van der Waals surface area contributed by atoms with Gasteiger partial charge in [0.05, 0.1) is 34.9 Å². The van der Waals surface area contributed by atoms with Gasteiger partial charge in [0.1, 0.15) is 35.1 Å². The fourth-order valence-electron chi connectivity index (χ4n) is 3.71. The van der Waals surface area contributed by atoms with Crippen LogP contribution in [0.25, 0.3) is 22.4 Å². The van der Waals surface area contributed by atoms with Crippen molar-refractivity contribution in [2.45, 2.75) is 50.3 Å². The summed E-state index contributed by atoms with van der Waals surface area (Å²) in [5.41, 5.74) is 0.708. The van der Waals surface area contributed by atoms with E-state index in [1.54, 1.807) is 0 Å². The van der Waals surface area contributed by atoms with Gasteiger partial charge in [0.25, 0.3) is 10.0 Å². The molecule has 0 saturated heterocycles. The van der Waals surface area contributed by atoms with E-state index in [2.05, 4.69) is 30.4 Å². The number of pyridine rings is 1. The minimum absolute atomic E-state index is 0.128. The van der Waals surface area contributed by atoms with Crippen LogP contribution in [0.15, 0.2) is 36.9 Å². The quantitative estimate of drug-likeness (QED) is 0.374. The molecule has 4 heterocycles. The van der Waals surface area contributed by atoms with Crippen LogP contribution in [0, 0.1) is 0 Å². The number of alkyl halides is 3. The van der Waals surface area contributed by atoms with Gasteiger partial charge >= 0.3 is 6.18 Å². The van der Waals surface area contributed by atoms with E-state index in [0.29, 0.717) is 18.4 Å². The summed E-state index contributed by atoms with van der Waals surface area (Å²) >= 11 is 0. The lowest BCUT2D eigenvalue weighted by molar-refractivity contribution is -0.163. The lowest BCUT2D eigenvalue weighted by Crippen LogP contribution is -2.25. The molecule has 0 amide bonds. The zero-order chi connectivity index (χ0) is 25.8. The van der Waals surface area contributed by atoms with Crippen LogP contribution in [0.4, 0.5) is 24.8 Å². The van der Waals surface area contributed by atoms with Crippen LogP contribution >= 0.6 is 0 Å². The summed E-state index contributed by atoms with van der Waals surface area (Å²) in [5.74, 6) is 0.531. The van der Waals surface area contributed by atoms with Crippen LogP contribution in [0.1, 0.15) is 44.7 Å². The van der Waals surface area contributed by atoms with Crippen LogP contribution in [-0.2, 0) is 10.0 Å². The number of hydrogen-bond acceptors (Lipinski definition) is 9. The number of imidazole rings is 1. The van der Waals surface area contributed by atoms with Crippen LogP contribution in [0.2, 0.25) is 0 Å². The van der Waals surface area contributed by atoms with Crippen molar-refractivity contribution in [3.63, 3.8) is 0 Å². The van der Waals surface area contributed by atoms with Crippen molar-refractivity contribution in [1.82, 2.24) is 33.7 Å². The van der Waals surface area contributed by atoms with E-state index >= 15 is 0 Å². The molecule has 0 bridgehead atoms. The van der Waals surface area contributed by atoms with Gasteiger partial charge in [-0.2, -0.15) is 22.4 Å². The van der Waals surface area contributed by atoms with Gasteiger partial charge in [0.2, 0.25) is 0 Å². The number of aliphatic hydroxyl groups is 1. The van der Waals surface area contributed by atoms with Crippen molar-refractivity contribution in [3.05, 3.63) is 42.7 Å². The molecule has 15 heteroatoms. The molecule has 0 aromatic carbocycles. The van der Waals surface area contributed by atoms with Crippen molar-refractivity contribution in [2.75, 3.05) is 5.32 Å². The van der Waals surface area contributed by atoms with E-state index in [1.165, 1.54) is 43.8 Å². The van der Waals surface area contributed by atoms with Gasteiger partial charge in [0, 0.05) is 12.3 Å². The summed E-state index contributed by atoms with van der Waals surface area (Å²) in [7, 11) is -3.54. The van der Waals surface area contributed by atoms with Gasteiger partial charge in [-0.15, -0.1) is 0 Å². The van der Waals surface area contributed by atoms with Gasteiger partial charge in [-0.3, -0.25) is 0 Å². The molecule has 1 aliphatic carbocycles. The number of aliphatic hydroxyl groups excluding tert-OH is 1. The fourth-order valence-corrected chi connectivity index (χ4v) is 5.19. The number of aromatic nitrogens is 7. The van der Waals surface area contributed by atoms with Gasteiger partial charge in [0.15, 0.2) is 5.82 Å². The first-order valence-corrected chi connectivity index (χ1v) is 12.5. The third-order valence-electron chi connectivity index (χ3n) is 5.77. The number of rotatable bonds is 7. The Bertz CT molecular complexity index is 1540. The van der Waals surface area contributed by atoms with Gasteiger partial charge in [-0.1, -0.05) is 0 Å². The summed E-state index contributed by atoms with van der Waals surface area (Å²) in [6, 6.07) is 0.979. The second-order valence-corrected chi connectivity index (χ2v) is 10.6. The van der Waals surface area contributed by atoms with Crippen molar-refractivity contribution in [3.8, 4) is 11.4 Å². The molecule has 1 unspecified atom stereocenters. The summed E-state index contributed by atoms with van der Waals surface area (Å²) in [6.45, 7) is 2.33. The largest absolute Gasteiger partial charge is 0.408 e. The molecule has 1 fully saturated rings. The number of nitrogens with one attached hydrogen (secondary N) is 1. The Kier molecular flexibility index (Phi) is 5.70. The Balaban J connectivity index is 1.46. The van der Waals surface area contributed by atoms with Crippen molar-refractivity contribution < 1.29 is 26.7 Å². The molecule has 11 nitrogen and oxygen atoms in total. The number of fused-ring (bicyclic) bond motifs is 1. The molecule has 4 aromatic heterocycles. The van der Waals surface area contributed by atoms with Crippen molar-refractivity contribution in [2.24, 2.45) is 0 Å². The molecule has 0 radical (unpaired) electrons. The molecule has 1 saturated carbocycles. The van der Waals surface area contributed by atoms with E-state index in [0.717, 1.165) is 15.6 Å². The monoisotopic (exact) mass is 522 g/mol. The highest BCUT2D eigenvalue weighted by molar-refractivity contribution is 7.90. The number of hydrogen-bond donors (Lipinski definition) is 2. The number of halogens is 3. The Labute approximate surface area is 203 Å². The molecule has 5 rings (SSSR count). The first-order valence-electron chi connectivity index (χ1n) is 11.0. The van der Waals surface area contributed by atoms with E-state index in [1.807, 2.05) is 0 Å². The fraction of sp³-hybridized carbons (Fsp3) is 0.381. The highest BCUT2D eigenvalue weighted by Gasteiger charge is 2.40.